The number of fused-ring (bicyclic) bond motifs is 4. The third-order valence-corrected chi connectivity index (χ3v) is 12.1. The third-order valence-electron chi connectivity index (χ3n) is 12.1. The van der Waals surface area contributed by atoms with E-state index < -0.39 is 0 Å². The van der Waals surface area contributed by atoms with Crippen LogP contribution in [0.3, 0.4) is 0 Å². The molecule has 0 amide bonds. The van der Waals surface area contributed by atoms with Crippen molar-refractivity contribution in [1.82, 2.24) is 0 Å². The number of nitrogens with zero attached hydrogens (tertiary/aromatic N) is 1. The summed E-state index contributed by atoms with van der Waals surface area (Å²) in [5.74, 6) is 0. The van der Waals surface area contributed by atoms with Crippen molar-refractivity contribution in [2.75, 3.05) is 4.90 Å². The third kappa shape index (κ3) is 3.26. The van der Waals surface area contributed by atoms with Gasteiger partial charge in [-0.25, -0.2) is 0 Å². The van der Waals surface area contributed by atoms with Crippen molar-refractivity contribution in [1.29, 1.82) is 0 Å². The van der Waals surface area contributed by atoms with Crippen LogP contribution in [-0.2, 0) is 10.8 Å². The molecule has 0 fully saturated rings. The predicted molar refractivity (Wildman–Crippen MR) is 210 cm³/mol. The van der Waals surface area contributed by atoms with E-state index in [-0.39, 0.29) is 10.8 Å². The Bertz CT molecular complexity index is 2870. The molecule has 0 bridgehead atoms. The van der Waals surface area contributed by atoms with Crippen LogP contribution >= 0.6 is 0 Å². The van der Waals surface area contributed by atoms with Crippen LogP contribution in [0.1, 0.15) is 49.9 Å². The van der Waals surface area contributed by atoms with Crippen LogP contribution in [0.2, 0.25) is 0 Å². The zero-order valence-electron chi connectivity index (χ0n) is 28.2. The number of rotatable bonds is 3. The fourth-order valence-electron chi connectivity index (χ4n) is 9.89. The molecule has 2 aliphatic carbocycles. The summed E-state index contributed by atoms with van der Waals surface area (Å²) in [5.41, 5.74) is 11.7. The minimum absolute atomic E-state index is 0.0941. The summed E-state index contributed by atoms with van der Waals surface area (Å²) in [6, 6.07) is 52.8. The van der Waals surface area contributed by atoms with Crippen molar-refractivity contribution in [2.45, 2.75) is 38.5 Å². The van der Waals surface area contributed by atoms with E-state index in [1.807, 2.05) is 0 Å². The topological polar surface area (TPSA) is 3.24 Å². The number of hydrogen-bond donors (Lipinski definition) is 0. The van der Waals surface area contributed by atoms with Crippen LogP contribution in [0, 0.1) is 0 Å². The average molecular weight is 626 g/mol. The normalized spacial score (nSPS) is 15.3. The molecule has 2 aliphatic rings. The highest BCUT2D eigenvalue weighted by Crippen LogP contribution is 2.58. The van der Waals surface area contributed by atoms with Crippen LogP contribution in [0.25, 0.3) is 65.0 Å². The van der Waals surface area contributed by atoms with Crippen molar-refractivity contribution >= 4 is 70.9 Å². The zero-order chi connectivity index (χ0) is 32.8. The molecule has 0 aliphatic heterocycles. The summed E-state index contributed by atoms with van der Waals surface area (Å²) in [4.78, 5) is 2.55. The van der Waals surface area contributed by atoms with Gasteiger partial charge < -0.3 is 4.90 Å². The molecule has 232 valence electrons. The summed E-state index contributed by atoms with van der Waals surface area (Å²) < 4.78 is 0. The highest BCUT2D eigenvalue weighted by Gasteiger charge is 2.38. The summed E-state index contributed by atoms with van der Waals surface area (Å²) in [6.45, 7) is 9.60. The Labute approximate surface area is 286 Å². The molecule has 0 unspecified atom stereocenters. The lowest BCUT2D eigenvalue weighted by Gasteiger charge is -2.37. The zero-order valence-corrected chi connectivity index (χ0v) is 28.2. The first-order valence-electron chi connectivity index (χ1n) is 17.5. The molecule has 0 saturated carbocycles. The Morgan fingerprint density at radius 3 is 1.82 bits per heavy atom. The molecular formula is C48H35N. The van der Waals surface area contributed by atoms with Crippen molar-refractivity contribution in [3.8, 4) is 11.1 Å². The SMILES string of the molecule is CC1(C)c2ccccc2-c2ccc(N(c3ccccc3)c3c4cccc5c4c4c6c(ccc7cccc(c8cccc3c84)c76)C5(C)C)cc21. The van der Waals surface area contributed by atoms with E-state index in [0.29, 0.717) is 0 Å². The van der Waals surface area contributed by atoms with Gasteiger partial charge >= 0.3 is 0 Å². The van der Waals surface area contributed by atoms with Crippen LogP contribution in [0.15, 0.2) is 140 Å². The lowest BCUT2D eigenvalue weighted by molar-refractivity contribution is 0.652. The standard InChI is InChI=1S/C48H35N/c1-47(2)37-21-9-8-16-31(37)32-25-24-30(27-40(32)47)49(29-14-6-5-7-15-29)46-35-19-11-18-34-33-17-10-13-28-23-26-39-44(41(28)33)45(42(34)35)43-36(46)20-12-22-38(43)48(39,3)4/h5-27H,1-4H3. The lowest BCUT2D eigenvalue weighted by atomic mass is 9.68. The van der Waals surface area contributed by atoms with Gasteiger partial charge in [0.25, 0.3) is 0 Å². The van der Waals surface area contributed by atoms with E-state index >= 15 is 0 Å². The number of para-hydroxylation sites is 1. The van der Waals surface area contributed by atoms with Gasteiger partial charge in [0.2, 0.25) is 0 Å². The van der Waals surface area contributed by atoms with Crippen LogP contribution in [0.5, 0.6) is 0 Å². The van der Waals surface area contributed by atoms with Gasteiger partial charge in [-0.2, -0.15) is 0 Å². The molecule has 9 aromatic carbocycles. The molecule has 1 nitrogen and oxygen atoms in total. The van der Waals surface area contributed by atoms with Crippen molar-refractivity contribution in [2.24, 2.45) is 0 Å². The molecule has 0 heterocycles. The molecule has 0 spiro atoms. The van der Waals surface area contributed by atoms with Gasteiger partial charge in [0, 0.05) is 38.4 Å². The van der Waals surface area contributed by atoms with E-state index in [1.165, 1.54) is 104 Å². The van der Waals surface area contributed by atoms with Gasteiger partial charge in [0.1, 0.15) is 0 Å². The Kier molecular flexibility index (Phi) is 5.05. The molecular weight excluding hydrogens is 591 g/mol. The Morgan fingerprint density at radius 1 is 0.367 bits per heavy atom. The second-order valence-electron chi connectivity index (χ2n) is 15.3. The van der Waals surface area contributed by atoms with Gasteiger partial charge in [-0.15, -0.1) is 0 Å². The fraction of sp³-hybridized carbons (Fsp3) is 0.125. The highest BCUT2D eigenvalue weighted by molar-refractivity contribution is 6.42. The first-order chi connectivity index (χ1) is 23.9. The summed E-state index contributed by atoms with van der Waals surface area (Å²) in [5, 5.41) is 13.6. The first kappa shape index (κ1) is 27.3. The smallest absolute Gasteiger partial charge is 0.0619 e. The monoisotopic (exact) mass is 625 g/mol. The molecule has 0 radical (unpaired) electrons. The van der Waals surface area contributed by atoms with E-state index in [9.17, 15) is 0 Å². The number of anilines is 3. The van der Waals surface area contributed by atoms with Crippen LogP contribution in [0.4, 0.5) is 17.1 Å². The van der Waals surface area contributed by atoms with E-state index in [1.54, 1.807) is 0 Å². The number of hydrogen-bond acceptors (Lipinski definition) is 1. The van der Waals surface area contributed by atoms with Gasteiger partial charge in [0.05, 0.1) is 5.69 Å². The summed E-state index contributed by atoms with van der Waals surface area (Å²) in [7, 11) is 0. The molecule has 1 heteroatoms. The van der Waals surface area contributed by atoms with E-state index in [0.717, 1.165) is 0 Å². The molecule has 0 aromatic heterocycles. The Hall–Kier alpha value is -5.66. The molecule has 49 heavy (non-hydrogen) atoms. The second kappa shape index (κ2) is 9.07. The number of benzene rings is 9. The maximum Gasteiger partial charge on any atom is 0.0619 e. The van der Waals surface area contributed by atoms with Crippen LogP contribution < -0.4 is 4.90 Å². The molecule has 0 saturated heterocycles. The quantitative estimate of drug-likeness (QED) is 0.139. The minimum Gasteiger partial charge on any atom is -0.309 e. The lowest BCUT2D eigenvalue weighted by Crippen LogP contribution is -2.23. The first-order valence-corrected chi connectivity index (χ1v) is 17.5. The van der Waals surface area contributed by atoms with Crippen molar-refractivity contribution < 1.29 is 0 Å². The second-order valence-corrected chi connectivity index (χ2v) is 15.3. The van der Waals surface area contributed by atoms with Gasteiger partial charge in [0.15, 0.2) is 0 Å². The van der Waals surface area contributed by atoms with Crippen LogP contribution in [-0.4, -0.2) is 0 Å². The highest BCUT2D eigenvalue weighted by atomic mass is 15.1. The van der Waals surface area contributed by atoms with Crippen molar-refractivity contribution in [3.63, 3.8) is 0 Å². The Balaban J connectivity index is 1.34. The molecule has 9 aromatic rings. The summed E-state index contributed by atoms with van der Waals surface area (Å²) >= 11 is 0. The molecule has 11 rings (SSSR count). The Morgan fingerprint density at radius 2 is 0.980 bits per heavy atom. The van der Waals surface area contributed by atoms with E-state index in [2.05, 4.69) is 172 Å². The largest absolute Gasteiger partial charge is 0.309 e. The molecule has 0 N–H and O–H groups in total. The minimum atomic E-state index is -0.151. The predicted octanol–water partition coefficient (Wildman–Crippen LogP) is 13.3. The fourth-order valence-corrected chi connectivity index (χ4v) is 9.89. The van der Waals surface area contributed by atoms with Gasteiger partial charge in [-0.05, 0) is 95.3 Å². The van der Waals surface area contributed by atoms with Gasteiger partial charge in [-0.3, -0.25) is 0 Å². The van der Waals surface area contributed by atoms with E-state index in [4.69, 9.17) is 0 Å². The maximum absolute atomic E-state index is 2.55. The van der Waals surface area contributed by atoms with Crippen molar-refractivity contribution in [3.05, 3.63) is 162 Å². The maximum atomic E-state index is 2.55. The molecule has 0 atom stereocenters. The summed E-state index contributed by atoms with van der Waals surface area (Å²) in [6.07, 6.45) is 0. The van der Waals surface area contributed by atoms with Gasteiger partial charge in [-0.1, -0.05) is 143 Å². The average Bonchev–Trinajstić information content (AvgIpc) is 3.36.